The van der Waals surface area contributed by atoms with Gasteiger partial charge >= 0.3 is 0 Å². The van der Waals surface area contributed by atoms with Gasteiger partial charge < -0.3 is 9.47 Å². The first-order chi connectivity index (χ1) is 13.7. The molecule has 2 aromatic heterocycles. The number of halogens is 1. The number of carbonyl (C=O) groups excluding carboxylic acids is 1. The summed E-state index contributed by atoms with van der Waals surface area (Å²) in [6, 6.07) is 14.6. The first kappa shape index (κ1) is 17.1. The van der Waals surface area contributed by atoms with Crippen molar-refractivity contribution in [1.29, 1.82) is 0 Å². The minimum atomic E-state index is -0.260. The predicted octanol–water partition coefficient (Wildman–Crippen LogP) is 3.10. The van der Waals surface area contributed by atoms with E-state index in [1.807, 2.05) is 35.5 Å². The van der Waals surface area contributed by atoms with Gasteiger partial charge in [0.25, 0.3) is 5.91 Å². The largest absolute Gasteiger partial charge is 0.337 e. The van der Waals surface area contributed by atoms with Crippen molar-refractivity contribution in [2.24, 2.45) is 0 Å². The molecule has 2 aliphatic rings. The monoisotopic (exact) mass is 376 g/mol. The van der Waals surface area contributed by atoms with Gasteiger partial charge in [-0.3, -0.25) is 14.7 Å². The molecule has 0 radical (unpaired) electrons. The average molecular weight is 376 g/mol. The van der Waals surface area contributed by atoms with E-state index in [1.165, 1.54) is 17.7 Å². The lowest BCUT2D eigenvalue weighted by Crippen LogP contribution is -2.49. The lowest BCUT2D eigenvalue weighted by atomic mass is 10.0. The summed E-state index contributed by atoms with van der Waals surface area (Å²) in [6.07, 6.45) is 5.68. The molecule has 0 spiro atoms. The van der Waals surface area contributed by atoms with Crippen LogP contribution >= 0.6 is 0 Å². The van der Waals surface area contributed by atoms with E-state index in [9.17, 15) is 9.18 Å². The second-order valence-electron chi connectivity index (χ2n) is 7.55. The quantitative estimate of drug-likeness (QED) is 0.703. The van der Waals surface area contributed by atoms with E-state index in [-0.39, 0.29) is 23.8 Å². The third kappa shape index (κ3) is 2.99. The van der Waals surface area contributed by atoms with Gasteiger partial charge in [0.05, 0.1) is 12.1 Å². The van der Waals surface area contributed by atoms with Crippen LogP contribution in [0.5, 0.6) is 0 Å². The summed E-state index contributed by atoms with van der Waals surface area (Å²) < 4.78 is 15.4. The first-order valence-electron chi connectivity index (χ1n) is 9.52. The molecule has 2 unspecified atom stereocenters. The summed E-state index contributed by atoms with van der Waals surface area (Å²) in [5.74, 6) is -0.220. The number of aromatic nitrogens is 2. The highest BCUT2D eigenvalue weighted by Gasteiger charge is 2.44. The number of amides is 1. The van der Waals surface area contributed by atoms with Gasteiger partial charge in [-0.25, -0.2) is 4.39 Å². The molecule has 5 nitrogen and oxygen atoms in total. The molecule has 5 rings (SSSR count). The molecule has 4 heterocycles. The van der Waals surface area contributed by atoms with Gasteiger partial charge in [-0.2, -0.15) is 0 Å². The molecule has 6 heteroatoms. The fourth-order valence-electron chi connectivity index (χ4n) is 4.44. The van der Waals surface area contributed by atoms with E-state index >= 15 is 0 Å². The highest BCUT2D eigenvalue weighted by molar-refractivity contribution is 5.94. The normalized spacial score (nSPS) is 21.6. The highest BCUT2D eigenvalue weighted by atomic mass is 19.1. The zero-order valence-corrected chi connectivity index (χ0v) is 15.4. The van der Waals surface area contributed by atoms with Crippen molar-refractivity contribution in [3.05, 3.63) is 89.8 Å². The molecule has 0 bridgehead atoms. The fourth-order valence-corrected chi connectivity index (χ4v) is 4.44. The lowest BCUT2D eigenvalue weighted by Gasteiger charge is -2.38. The van der Waals surface area contributed by atoms with Crippen molar-refractivity contribution >= 4 is 5.91 Å². The van der Waals surface area contributed by atoms with Crippen LogP contribution in [0.25, 0.3) is 0 Å². The number of carbonyl (C=O) groups is 1. The number of hydrogen-bond acceptors (Lipinski definition) is 3. The third-order valence-electron chi connectivity index (χ3n) is 5.75. The van der Waals surface area contributed by atoms with Gasteiger partial charge in [0, 0.05) is 44.8 Å². The summed E-state index contributed by atoms with van der Waals surface area (Å²) in [6.45, 7) is 3.00. The Hall–Kier alpha value is -2.99. The summed E-state index contributed by atoms with van der Waals surface area (Å²) in [5.41, 5.74) is 2.84. The number of benzene rings is 1. The molecule has 2 atom stereocenters. The molecule has 0 saturated carbocycles. The highest BCUT2D eigenvalue weighted by Crippen LogP contribution is 2.35. The predicted molar refractivity (Wildman–Crippen MR) is 103 cm³/mol. The Morgan fingerprint density at radius 3 is 2.57 bits per heavy atom. The Labute approximate surface area is 163 Å². The number of pyridine rings is 1. The topological polar surface area (TPSA) is 41.4 Å². The molecular weight excluding hydrogens is 355 g/mol. The second-order valence-corrected chi connectivity index (χ2v) is 7.55. The SMILES string of the molecule is O=C1c2cccn2C2CN(Cc3cccnc3)CC2N1Cc1ccc(F)cc1. The van der Waals surface area contributed by atoms with Crippen LogP contribution in [-0.2, 0) is 13.1 Å². The van der Waals surface area contributed by atoms with E-state index in [4.69, 9.17) is 0 Å². The maximum absolute atomic E-state index is 13.3. The van der Waals surface area contributed by atoms with Gasteiger partial charge in [-0.1, -0.05) is 18.2 Å². The molecule has 0 N–H and O–H groups in total. The molecular formula is C22H21FN4O. The van der Waals surface area contributed by atoms with Crippen molar-refractivity contribution in [2.45, 2.75) is 25.2 Å². The average Bonchev–Trinajstić information content (AvgIpc) is 3.34. The zero-order chi connectivity index (χ0) is 19.1. The van der Waals surface area contributed by atoms with Crippen molar-refractivity contribution < 1.29 is 9.18 Å². The van der Waals surface area contributed by atoms with E-state index < -0.39 is 0 Å². The number of fused-ring (bicyclic) bond motifs is 3. The Kier molecular flexibility index (Phi) is 4.20. The molecule has 1 aromatic carbocycles. The van der Waals surface area contributed by atoms with Crippen LogP contribution in [-0.4, -0.2) is 44.4 Å². The fraction of sp³-hybridized carbons (Fsp3) is 0.273. The molecule has 3 aromatic rings. The molecule has 1 saturated heterocycles. The second kappa shape index (κ2) is 6.87. The van der Waals surface area contributed by atoms with Gasteiger partial charge in [-0.15, -0.1) is 0 Å². The van der Waals surface area contributed by atoms with Crippen LogP contribution in [0.4, 0.5) is 4.39 Å². The number of nitrogens with zero attached hydrogens (tertiary/aromatic N) is 4. The standard InChI is InChI=1S/C22H21FN4O/c23-18-7-5-16(6-8-18)13-27-21-15-25(12-17-3-1-9-24-11-17)14-20(21)26-10-2-4-19(26)22(27)28/h1-11,20-21H,12-15H2. The Morgan fingerprint density at radius 2 is 1.79 bits per heavy atom. The van der Waals surface area contributed by atoms with E-state index in [1.54, 1.807) is 18.3 Å². The van der Waals surface area contributed by atoms with Crippen LogP contribution in [0.2, 0.25) is 0 Å². The molecule has 1 amide bonds. The minimum Gasteiger partial charge on any atom is -0.337 e. The van der Waals surface area contributed by atoms with Crippen LogP contribution in [0, 0.1) is 5.82 Å². The number of rotatable bonds is 4. The molecule has 28 heavy (non-hydrogen) atoms. The van der Waals surface area contributed by atoms with Crippen molar-refractivity contribution in [3.8, 4) is 0 Å². The maximum atomic E-state index is 13.3. The lowest BCUT2D eigenvalue weighted by molar-refractivity contribution is 0.0556. The molecule has 142 valence electrons. The van der Waals surface area contributed by atoms with Crippen molar-refractivity contribution in [3.63, 3.8) is 0 Å². The first-order valence-corrected chi connectivity index (χ1v) is 9.52. The maximum Gasteiger partial charge on any atom is 0.271 e. The zero-order valence-electron chi connectivity index (χ0n) is 15.4. The minimum absolute atomic E-state index is 0.0406. The van der Waals surface area contributed by atoms with Crippen LogP contribution < -0.4 is 0 Å². The van der Waals surface area contributed by atoms with Crippen LogP contribution in [0.3, 0.4) is 0 Å². The summed E-state index contributed by atoms with van der Waals surface area (Å²) in [7, 11) is 0. The van der Waals surface area contributed by atoms with Gasteiger partial charge in [0.1, 0.15) is 11.5 Å². The van der Waals surface area contributed by atoms with Crippen LogP contribution in [0.15, 0.2) is 67.1 Å². The Bertz CT molecular complexity index is 985. The molecule has 0 aliphatic carbocycles. The Balaban J connectivity index is 1.43. The van der Waals surface area contributed by atoms with E-state index in [0.717, 1.165) is 30.9 Å². The molecule has 1 fully saturated rings. The summed E-state index contributed by atoms with van der Waals surface area (Å²) in [5, 5.41) is 0. The summed E-state index contributed by atoms with van der Waals surface area (Å²) in [4.78, 5) is 21.7. The summed E-state index contributed by atoms with van der Waals surface area (Å²) >= 11 is 0. The van der Waals surface area contributed by atoms with Crippen molar-refractivity contribution in [1.82, 2.24) is 19.4 Å². The molecule has 2 aliphatic heterocycles. The third-order valence-corrected chi connectivity index (χ3v) is 5.75. The van der Waals surface area contributed by atoms with Crippen molar-refractivity contribution in [2.75, 3.05) is 13.1 Å². The van der Waals surface area contributed by atoms with Gasteiger partial charge in [0.2, 0.25) is 0 Å². The van der Waals surface area contributed by atoms with E-state index in [0.29, 0.717) is 6.54 Å². The Morgan fingerprint density at radius 1 is 0.964 bits per heavy atom. The van der Waals surface area contributed by atoms with Gasteiger partial charge in [0.15, 0.2) is 0 Å². The van der Waals surface area contributed by atoms with Crippen LogP contribution in [0.1, 0.15) is 27.7 Å². The number of hydrogen-bond donors (Lipinski definition) is 0. The smallest absolute Gasteiger partial charge is 0.271 e. The number of likely N-dealkylation sites (tertiary alicyclic amines) is 1. The van der Waals surface area contributed by atoms with Gasteiger partial charge in [-0.05, 0) is 41.5 Å². The van der Waals surface area contributed by atoms with E-state index in [2.05, 4.69) is 20.5 Å².